The molecule has 6 aliphatic rings. The second-order valence-electron chi connectivity index (χ2n) is 31.7. The molecule has 21 nitrogen and oxygen atoms in total. The average Bonchev–Trinajstić information content (AvgIpc) is 1.72. The third kappa shape index (κ3) is 17.8. The summed E-state index contributed by atoms with van der Waals surface area (Å²) in [6, 6.07) is 20.4. The highest BCUT2D eigenvalue weighted by Gasteiger charge is 2.40. The molecule has 3 fully saturated rings. The fourth-order valence-electron chi connectivity index (χ4n) is 17.8. The Labute approximate surface area is 708 Å². The molecule has 3 aromatic heterocycles. The topological polar surface area (TPSA) is 203 Å². The summed E-state index contributed by atoms with van der Waals surface area (Å²) < 4.78 is 80.4. The quantitative estimate of drug-likeness (QED) is 0.0579. The summed E-state index contributed by atoms with van der Waals surface area (Å²) >= 11 is 11.1. The van der Waals surface area contributed by atoms with Crippen LogP contribution in [0.5, 0.6) is 0 Å². The minimum absolute atomic E-state index is 0.0506. The molecule has 15 rings (SSSR count). The molecule has 0 bridgehead atoms. The third-order valence-electron chi connectivity index (χ3n) is 22.7. The second kappa shape index (κ2) is 37.4. The molecule has 3 saturated heterocycles. The number of nitrogens with zero attached hydrogens (tertiary/aromatic N) is 12. The van der Waals surface area contributed by atoms with Crippen LogP contribution in [0.15, 0.2) is 146 Å². The molecule has 29 heteroatoms. The maximum absolute atomic E-state index is 15.2. The van der Waals surface area contributed by atoms with Gasteiger partial charge in [0, 0.05) is 172 Å². The normalized spacial score (nSPS) is 21.1. The van der Waals surface area contributed by atoms with Gasteiger partial charge in [0.1, 0.15) is 40.7 Å². The van der Waals surface area contributed by atoms with Gasteiger partial charge in [-0.3, -0.25) is 28.1 Å². The highest BCUT2D eigenvalue weighted by Crippen LogP contribution is 2.49. The van der Waals surface area contributed by atoms with E-state index < -0.39 is 23.1 Å². The molecular weight excluding hydrogens is 1600 g/mol. The van der Waals surface area contributed by atoms with Gasteiger partial charge in [-0.25, -0.2) is 31.9 Å². The van der Waals surface area contributed by atoms with E-state index in [1.54, 1.807) is 66.4 Å². The number of rotatable bonds is 18. The predicted molar refractivity (Wildman–Crippen MR) is 470 cm³/mol. The van der Waals surface area contributed by atoms with E-state index in [1.165, 1.54) is 60.3 Å². The first-order valence-electron chi connectivity index (χ1n) is 40.7. The van der Waals surface area contributed by atoms with Crippen LogP contribution in [-0.4, -0.2) is 192 Å². The number of anilines is 3. The van der Waals surface area contributed by atoms with Crippen molar-refractivity contribution in [2.24, 2.45) is 0 Å². The Hall–Kier alpha value is -9.29. The third-order valence-corrected chi connectivity index (χ3v) is 26.7. The number of aryl methyl sites for hydroxylation is 3. The van der Waals surface area contributed by atoms with Crippen LogP contribution in [0.2, 0.25) is 5.02 Å². The maximum atomic E-state index is 15.2. The zero-order valence-corrected chi connectivity index (χ0v) is 72.6. The summed E-state index contributed by atoms with van der Waals surface area (Å²) in [5.41, 5.74) is 8.59. The summed E-state index contributed by atoms with van der Waals surface area (Å²) in [5.74, 6) is 1.33. The van der Waals surface area contributed by atoms with Gasteiger partial charge in [0.25, 0.3) is 0 Å². The highest BCUT2D eigenvalue weighted by molar-refractivity contribution is 8.00. The van der Waals surface area contributed by atoms with E-state index >= 15 is 4.39 Å². The second-order valence-corrected chi connectivity index (χ2v) is 35.2. The molecule has 0 N–H and O–H groups in total. The molecule has 9 atom stereocenters. The molecule has 9 heterocycles. The van der Waals surface area contributed by atoms with Gasteiger partial charge < -0.3 is 43.6 Å². The Morgan fingerprint density at radius 1 is 0.437 bits per heavy atom. The van der Waals surface area contributed by atoms with Gasteiger partial charge >= 0.3 is 17.1 Å². The molecule has 630 valence electrons. The van der Waals surface area contributed by atoms with Crippen LogP contribution in [0.1, 0.15) is 98.3 Å². The van der Waals surface area contributed by atoms with Gasteiger partial charge in [-0.1, -0.05) is 70.3 Å². The Morgan fingerprint density at radius 3 is 1.08 bits per heavy atom. The van der Waals surface area contributed by atoms with Crippen LogP contribution in [-0.2, 0) is 48.2 Å². The Bertz CT molecular complexity index is 5600. The standard InChI is InChI=1S/C30H34ClFN4O3S.C30H34F2N4O3S.C30H35FN4O3S/c1-6-10-39-21-15-35-27-22(11-17(3)26(28(27)40-16-21)20-8-9-24(32)23(31)12-20)29(33-30(35)38)34-13-18(4)36(19(5)14-34)25(37)7-2;1-6-10-39-21-15-35-27-23(11-17(3)26(28(27)40-16-21)22-9-8-20(31)12-24(22)32)29(33-30(35)38)34-13-18(4)36(19(5)14-34)25(37)7-2;1-6-12-38-23-16-34-27-24(13-18(3)26(28(27)39-17-23)21-8-10-22(31)11-9-21)29(32-30(34)37)33-14-19(4)35(20(5)15-33)25(36)7-2/h2*7-9,11-12,18-19,21H,2,6,10,13-16H2,1,3-5H3;7-11,13,19-20,23H,2,6,12,14-17H2,1,3-5H3/t2*18-,19+,21?;19-,20+,23?. The summed E-state index contributed by atoms with van der Waals surface area (Å²) in [6.45, 7) is 41.1. The summed E-state index contributed by atoms with van der Waals surface area (Å²) in [6.07, 6.45) is 6.12. The molecule has 9 aromatic rings. The number of thioether (sulfide) groups is 3. The Morgan fingerprint density at radius 2 is 0.756 bits per heavy atom. The lowest BCUT2D eigenvalue weighted by molar-refractivity contribution is -0.131. The van der Waals surface area contributed by atoms with Crippen molar-refractivity contribution in [1.82, 2.24) is 43.4 Å². The molecule has 119 heavy (non-hydrogen) atoms. The van der Waals surface area contributed by atoms with Crippen LogP contribution >= 0.6 is 46.9 Å². The first kappa shape index (κ1) is 87.5. The molecule has 3 unspecified atom stereocenters. The van der Waals surface area contributed by atoms with Crippen LogP contribution in [0.4, 0.5) is 35.0 Å². The molecule has 0 aliphatic carbocycles. The lowest BCUT2D eigenvalue weighted by atomic mass is 9.97. The Balaban J connectivity index is 0.000000155. The molecule has 3 amide bonds. The summed E-state index contributed by atoms with van der Waals surface area (Å²) in [4.78, 5) is 107. The van der Waals surface area contributed by atoms with Crippen LogP contribution in [0.25, 0.3) is 66.1 Å². The van der Waals surface area contributed by atoms with E-state index in [-0.39, 0.29) is 100 Å². The number of hydrogen-bond donors (Lipinski definition) is 0. The molecule has 0 saturated carbocycles. The smallest absolute Gasteiger partial charge is 0.350 e. The fourth-order valence-corrected chi connectivity index (χ4v) is 22.0. The minimum Gasteiger partial charge on any atom is -0.375 e. The van der Waals surface area contributed by atoms with Crippen molar-refractivity contribution in [3.8, 4) is 33.4 Å². The number of carbonyl (C=O) groups is 3. The van der Waals surface area contributed by atoms with Gasteiger partial charge in [0.15, 0.2) is 0 Å². The van der Waals surface area contributed by atoms with Crippen molar-refractivity contribution in [2.75, 3.05) is 91.0 Å². The van der Waals surface area contributed by atoms with E-state index in [4.69, 9.17) is 25.8 Å². The van der Waals surface area contributed by atoms with Crippen molar-refractivity contribution in [3.63, 3.8) is 0 Å². The number of hydrogen-bond acceptors (Lipinski definition) is 18. The largest absolute Gasteiger partial charge is 0.375 e. The van der Waals surface area contributed by atoms with E-state index in [1.807, 2.05) is 78.2 Å². The number of benzene rings is 6. The first-order chi connectivity index (χ1) is 57.0. The van der Waals surface area contributed by atoms with Gasteiger partial charge in [-0.05, 0) is 182 Å². The molecule has 6 aliphatic heterocycles. The fraction of sp³-hybridized carbons (Fsp3) is 0.433. The van der Waals surface area contributed by atoms with Crippen molar-refractivity contribution in [3.05, 3.63) is 193 Å². The van der Waals surface area contributed by atoms with Crippen molar-refractivity contribution in [2.45, 2.75) is 191 Å². The molecular formula is C90H103ClF4N12O9S3. The average molecular weight is 1700 g/mol. The van der Waals surface area contributed by atoms with Gasteiger partial charge in [-0.15, -0.1) is 35.3 Å². The summed E-state index contributed by atoms with van der Waals surface area (Å²) in [7, 11) is 0. The van der Waals surface area contributed by atoms with E-state index in [0.29, 0.717) is 125 Å². The van der Waals surface area contributed by atoms with Crippen molar-refractivity contribution < 1.29 is 46.2 Å². The number of halogens is 5. The number of aromatic nitrogens is 6. The maximum Gasteiger partial charge on any atom is 0.350 e. The van der Waals surface area contributed by atoms with E-state index in [9.17, 15) is 41.9 Å². The van der Waals surface area contributed by atoms with Crippen LogP contribution in [0.3, 0.4) is 0 Å². The number of carbonyl (C=O) groups excluding carboxylic acids is 3. The lowest BCUT2D eigenvalue weighted by Crippen LogP contribution is -2.58. The molecule has 0 spiro atoms. The number of amides is 3. The van der Waals surface area contributed by atoms with Gasteiger partial charge in [0.2, 0.25) is 17.7 Å². The van der Waals surface area contributed by atoms with Gasteiger partial charge in [-0.2, -0.15) is 15.0 Å². The monoisotopic (exact) mass is 1700 g/mol. The molecule has 0 radical (unpaired) electrons. The predicted octanol–water partition coefficient (Wildman–Crippen LogP) is 15.9. The zero-order chi connectivity index (χ0) is 85.3. The molecule has 6 aromatic carbocycles. The first-order valence-corrected chi connectivity index (χ1v) is 44.1. The summed E-state index contributed by atoms with van der Waals surface area (Å²) in [5, 5.41) is 2.61. The highest BCUT2D eigenvalue weighted by atomic mass is 35.5. The SMILES string of the molecule is C=CC(=O)N1[C@H](C)CN(c2nc(=O)n3c4c(c(-c5ccc(F)c(Cl)c5)c(C)cc24)SCC(OCCC)C3)C[C@@H]1C.C=CC(=O)N1[C@H](C)CN(c2nc(=O)n3c4c(c(-c5ccc(F)cc5)c(C)cc24)SCC(OCCC)C3)C[C@@H]1C.C=CC(=O)N1[C@H](C)CN(c2nc(=O)n3c4c(c(-c5ccc(F)cc5F)c(C)cc24)SCC(OCCC)C3)C[C@@H]1C. The Kier molecular flexibility index (Phi) is 27.5. The van der Waals surface area contributed by atoms with Crippen molar-refractivity contribution >= 4 is 115 Å². The van der Waals surface area contributed by atoms with Gasteiger partial charge in [0.05, 0.1) is 59.5 Å². The lowest BCUT2D eigenvalue weighted by Gasteiger charge is -2.44. The zero-order valence-electron chi connectivity index (χ0n) is 69.4. The van der Waals surface area contributed by atoms with Crippen LogP contribution < -0.4 is 31.8 Å². The minimum atomic E-state index is -0.656. The van der Waals surface area contributed by atoms with Crippen LogP contribution in [0, 0.1) is 44.0 Å². The number of ether oxygens (including phenoxy) is 3. The number of piperazine rings is 3. The van der Waals surface area contributed by atoms with E-state index in [0.717, 1.165) is 106 Å². The van der Waals surface area contributed by atoms with E-state index in [2.05, 4.69) is 82.3 Å². The van der Waals surface area contributed by atoms with Crippen molar-refractivity contribution in [1.29, 1.82) is 0 Å².